The molecule has 1 atom stereocenters. The molecule has 7 heteroatoms. The number of ether oxygens (including phenoxy) is 1. The maximum absolute atomic E-state index is 14.5. The highest BCUT2D eigenvalue weighted by molar-refractivity contribution is 6.30. The van der Waals surface area contributed by atoms with Crippen molar-refractivity contribution in [2.45, 2.75) is 18.8 Å². The second kappa shape index (κ2) is 6.89. The van der Waals surface area contributed by atoms with E-state index < -0.39 is 11.9 Å². The number of halogens is 4. The SMILES string of the molecule is Cc1ccc(C2(C(F)(F)F)N=Cn3c(c(-c4ccc(Cl)cc4)c4ccccc43)O2)cc1. The number of para-hydroxylation sites is 1. The van der Waals surface area contributed by atoms with Gasteiger partial charge < -0.3 is 4.74 Å². The van der Waals surface area contributed by atoms with E-state index in [-0.39, 0.29) is 11.4 Å². The molecule has 0 saturated carbocycles. The van der Waals surface area contributed by atoms with Crippen LogP contribution in [0.1, 0.15) is 11.1 Å². The molecule has 3 nitrogen and oxygen atoms in total. The van der Waals surface area contributed by atoms with Crippen LogP contribution in [-0.4, -0.2) is 17.1 Å². The molecule has 4 aromatic rings. The number of hydrogen-bond donors (Lipinski definition) is 0. The second-order valence-electron chi connectivity index (χ2n) is 7.43. The fraction of sp³-hybridized carbons (Fsp3) is 0.125. The molecule has 5 rings (SSSR count). The lowest BCUT2D eigenvalue weighted by Gasteiger charge is -2.35. The van der Waals surface area contributed by atoms with Crippen LogP contribution in [0.2, 0.25) is 5.02 Å². The minimum atomic E-state index is -4.78. The van der Waals surface area contributed by atoms with E-state index in [4.69, 9.17) is 16.3 Å². The molecular formula is C24H16ClF3N2O. The Morgan fingerprint density at radius 2 is 1.61 bits per heavy atom. The summed E-state index contributed by atoms with van der Waals surface area (Å²) in [5.41, 5.74) is -0.126. The van der Waals surface area contributed by atoms with Crippen LogP contribution in [0.15, 0.2) is 77.8 Å². The van der Waals surface area contributed by atoms with Crippen molar-refractivity contribution in [1.29, 1.82) is 0 Å². The Labute approximate surface area is 181 Å². The molecule has 1 unspecified atom stereocenters. The van der Waals surface area contributed by atoms with Crippen molar-refractivity contribution in [3.8, 4) is 17.0 Å². The zero-order chi connectivity index (χ0) is 21.8. The number of aryl methyl sites for hydroxylation is 1. The smallest absolute Gasteiger partial charge is 0.436 e. The Morgan fingerprint density at radius 3 is 2.29 bits per heavy atom. The Bertz CT molecular complexity index is 1310. The lowest BCUT2D eigenvalue weighted by Crippen LogP contribution is -2.48. The van der Waals surface area contributed by atoms with Crippen molar-refractivity contribution in [2.75, 3.05) is 0 Å². The highest BCUT2D eigenvalue weighted by Gasteiger charge is 2.61. The molecule has 1 aromatic heterocycles. The highest BCUT2D eigenvalue weighted by atomic mass is 35.5. The third kappa shape index (κ3) is 3.01. The zero-order valence-electron chi connectivity index (χ0n) is 16.3. The molecule has 1 aliphatic rings. The third-order valence-electron chi connectivity index (χ3n) is 5.42. The number of benzene rings is 3. The van der Waals surface area contributed by atoms with Gasteiger partial charge in [-0.15, -0.1) is 0 Å². The zero-order valence-corrected chi connectivity index (χ0v) is 17.1. The minimum Gasteiger partial charge on any atom is -0.436 e. The first-order valence-electron chi connectivity index (χ1n) is 9.57. The molecule has 156 valence electrons. The van der Waals surface area contributed by atoms with E-state index in [2.05, 4.69) is 4.99 Å². The molecule has 0 spiro atoms. The van der Waals surface area contributed by atoms with Crippen LogP contribution in [0, 0.1) is 6.92 Å². The van der Waals surface area contributed by atoms with Crippen LogP contribution in [0.3, 0.4) is 0 Å². The van der Waals surface area contributed by atoms with Crippen molar-refractivity contribution in [3.05, 3.63) is 88.9 Å². The van der Waals surface area contributed by atoms with Gasteiger partial charge in [-0.25, -0.2) is 4.99 Å². The van der Waals surface area contributed by atoms with E-state index in [0.29, 0.717) is 21.7 Å². The molecule has 0 bridgehead atoms. The van der Waals surface area contributed by atoms with Crippen molar-refractivity contribution in [2.24, 2.45) is 4.99 Å². The first-order valence-corrected chi connectivity index (χ1v) is 9.95. The quantitative estimate of drug-likeness (QED) is 0.331. The summed E-state index contributed by atoms with van der Waals surface area (Å²) in [7, 11) is 0. The van der Waals surface area contributed by atoms with Crippen molar-refractivity contribution < 1.29 is 17.9 Å². The molecule has 0 fully saturated rings. The minimum absolute atomic E-state index is 0.0800. The van der Waals surface area contributed by atoms with Gasteiger partial charge in [0.25, 0.3) is 0 Å². The molecular weight excluding hydrogens is 425 g/mol. The summed E-state index contributed by atoms with van der Waals surface area (Å²) in [6.45, 7) is 1.81. The van der Waals surface area contributed by atoms with Gasteiger partial charge in [0, 0.05) is 16.0 Å². The van der Waals surface area contributed by atoms with E-state index in [1.54, 1.807) is 41.0 Å². The largest absolute Gasteiger partial charge is 0.455 e. The van der Waals surface area contributed by atoms with Gasteiger partial charge in [0.1, 0.15) is 6.34 Å². The Morgan fingerprint density at radius 1 is 0.935 bits per heavy atom. The predicted molar refractivity (Wildman–Crippen MR) is 116 cm³/mol. The maximum Gasteiger partial charge on any atom is 0.455 e. The van der Waals surface area contributed by atoms with E-state index in [0.717, 1.165) is 10.9 Å². The third-order valence-corrected chi connectivity index (χ3v) is 5.68. The number of nitrogens with zero attached hydrogens (tertiary/aromatic N) is 2. The average molecular weight is 441 g/mol. The van der Waals surface area contributed by atoms with Crippen LogP contribution < -0.4 is 4.74 Å². The lowest BCUT2D eigenvalue weighted by molar-refractivity contribution is -0.253. The number of fused-ring (bicyclic) bond motifs is 3. The summed E-state index contributed by atoms with van der Waals surface area (Å²) in [5, 5.41) is 1.29. The summed E-state index contributed by atoms with van der Waals surface area (Å²) in [5.74, 6) is 0.0800. The molecule has 0 saturated heterocycles. The van der Waals surface area contributed by atoms with Gasteiger partial charge >= 0.3 is 11.9 Å². The standard InChI is InChI=1S/C24H16ClF3N2O/c1-15-6-10-17(11-7-15)23(24(26,27)28)29-14-30-20-5-3-2-4-19(20)21(22(30)31-23)16-8-12-18(25)13-9-16/h2-14H,1H3. The fourth-order valence-electron chi connectivity index (χ4n) is 3.86. The van der Waals surface area contributed by atoms with Crippen LogP contribution in [0.25, 0.3) is 22.0 Å². The van der Waals surface area contributed by atoms with Crippen molar-refractivity contribution in [3.63, 3.8) is 0 Å². The highest BCUT2D eigenvalue weighted by Crippen LogP contribution is 2.50. The Hall–Kier alpha value is -3.25. The van der Waals surface area contributed by atoms with Gasteiger partial charge in [-0.1, -0.05) is 71.8 Å². The van der Waals surface area contributed by atoms with Gasteiger partial charge in [-0.05, 0) is 30.7 Å². The van der Waals surface area contributed by atoms with Gasteiger partial charge in [0.15, 0.2) is 0 Å². The molecule has 3 aromatic carbocycles. The summed E-state index contributed by atoms with van der Waals surface area (Å²) < 4.78 is 50.7. The van der Waals surface area contributed by atoms with Gasteiger partial charge in [-0.2, -0.15) is 13.2 Å². The van der Waals surface area contributed by atoms with Crippen molar-refractivity contribution in [1.82, 2.24) is 4.57 Å². The second-order valence-corrected chi connectivity index (χ2v) is 7.87. The van der Waals surface area contributed by atoms with E-state index in [1.807, 2.05) is 31.2 Å². The Kier molecular flexibility index (Phi) is 4.38. The summed E-state index contributed by atoms with van der Waals surface area (Å²) in [6, 6.07) is 20.3. The average Bonchev–Trinajstić information content (AvgIpc) is 3.07. The number of alkyl halides is 3. The van der Waals surface area contributed by atoms with E-state index in [1.165, 1.54) is 18.5 Å². The van der Waals surface area contributed by atoms with Crippen LogP contribution in [0.5, 0.6) is 5.88 Å². The Balaban J connectivity index is 1.79. The van der Waals surface area contributed by atoms with Crippen LogP contribution in [0.4, 0.5) is 13.2 Å². The number of rotatable bonds is 2. The van der Waals surface area contributed by atoms with E-state index in [9.17, 15) is 13.2 Å². The first kappa shape index (κ1) is 19.7. The van der Waals surface area contributed by atoms with Gasteiger partial charge in [0.2, 0.25) is 5.88 Å². The molecule has 1 aliphatic heterocycles. The molecule has 31 heavy (non-hydrogen) atoms. The topological polar surface area (TPSA) is 26.5 Å². The lowest BCUT2D eigenvalue weighted by atomic mass is 10.00. The first-order chi connectivity index (χ1) is 14.8. The van der Waals surface area contributed by atoms with Crippen LogP contribution >= 0.6 is 11.6 Å². The van der Waals surface area contributed by atoms with Gasteiger partial charge in [0.05, 0.1) is 11.1 Å². The van der Waals surface area contributed by atoms with Crippen LogP contribution in [-0.2, 0) is 5.72 Å². The maximum atomic E-state index is 14.5. The molecule has 2 heterocycles. The predicted octanol–water partition coefficient (Wildman–Crippen LogP) is 6.95. The number of aromatic nitrogens is 1. The van der Waals surface area contributed by atoms with Crippen molar-refractivity contribution >= 4 is 28.8 Å². The van der Waals surface area contributed by atoms with E-state index >= 15 is 0 Å². The molecule has 0 amide bonds. The van der Waals surface area contributed by atoms with Gasteiger partial charge in [-0.3, -0.25) is 4.57 Å². The summed E-state index contributed by atoms with van der Waals surface area (Å²) >= 11 is 6.03. The summed E-state index contributed by atoms with van der Waals surface area (Å²) in [4.78, 5) is 3.91. The normalized spacial score (nSPS) is 18.1. The monoisotopic (exact) mass is 440 g/mol. The molecule has 0 N–H and O–H groups in total. The fourth-order valence-corrected chi connectivity index (χ4v) is 3.99. The number of aliphatic imine (C=N–C) groups is 1. The number of hydrogen-bond acceptors (Lipinski definition) is 2. The summed E-state index contributed by atoms with van der Waals surface area (Å²) in [6.07, 6.45) is -3.58. The molecule has 0 aliphatic carbocycles. The molecule has 0 radical (unpaired) electrons.